The number of hydrogen-bond donors (Lipinski definition) is 1. The van der Waals surface area contributed by atoms with Crippen molar-refractivity contribution in [3.63, 3.8) is 0 Å². The molecule has 1 aromatic rings. The van der Waals surface area contributed by atoms with Crippen LogP contribution in [-0.4, -0.2) is 11.2 Å². The lowest BCUT2D eigenvalue weighted by Gasteiger charge is -2.36. The molecule has 0 bridgehead atoms. The molecule has 0 heterocycles. The molecule has 0 aromatic heterocycles. The molecule has 0 aliphatic heterocycles. The molecular weight excluding hydrogens is 244 g/mol. The second-order valence-corrected chi connectivity index (χ2v) is 7.23. The summed E-state index contributed by atoms with van der Waals surface area (Å²) in [4.78, 5) is 0. The quantitative estimate of drug-likeness (QED) is 0.855. The number of rotatable bonds is 3. The Bertz CT molecular complexity index is 438. The summed E-state index contributed by atoms with van der Waals surface area (Å²) in [5.74, 6) is 1.97. The minimum absolute atomic E-state index is 0.106. The molecule has 0 radical (unpaired) electrons. The highest BCUT2D eigenvalue weighted by Crippen LogP contribution is 2.36. The molecule has 112 valence electrons. The van der Waals surface area contributed by atoms with Crippen molar-refractivity contribution < 1.29 is 5.11 Å². The van der Waals surface area contributed by atoms with E-state index in [4.69, 9.17) is 0 Å². The topological polar surface area (TPSA) is 20.2 Å². The van der Waals surface area contributed by atoms with E-state index in [1.165, 1.54) is 35.1 Å². The van der Waals surface area contributed by atoms with E-state index in [0.717, 1.165) is 24.7 Å². The van der Waals surface area contributed by atoms with Gasteiger partial charge < -0.3 is 5.11 Å². The molecule has 3 unspecified atom stereocenters. The second-order valence-electron chi connectivity index (χ2n) is 7.23. The third-order valence-corrected chi connectivity index (χ3v) is 5.23. The van der Waals surface area contributed by atoms with Crippen LogP contribution < -0.4 is 0 Å². The van der Waals surface area contributed by atoms with Crippen LogP contribution in [-0.2, 0) is 6.42 Å². The SMILES string of the molecule is Cc1cc(C)c(CC2CC(C(C)C)CCC2O)c(C)c1. The van der Waals surface area contributed by atoms with Crippen molar-refractivity contribution in [2.24, 2.45) is 17.8 Å². The molecule has 1 aliphatic carbocycles. The van der Waals surface area contributed by atoms with Crippen LogP contribution in [0.2, 0.25) is 0 Å². The molecular formula is C19H30O. The van der Waals surface area contributed by atoms with Crippen molar-refractivity contribution in [2.45, 2.75) is 66.4 Å². The smallest absolute Gasteiger partial charge is 0.0571 e. The highest BCUT2D eigenvalue weighted by atomic mass is 16.3. The van der Waals surface area contributed by atoms with E-state index in [1.807, 2.05) is 0 Å². The van der Waals surface area contributed by atoms with Crippen molar-refractivity contribution in [1.82, 2.24) is 0 Å². The van der Waals surface area contributed by atoms with Gasteiger partial charge in [-0.2, -0.15) is 0 Å². The summed E-state index contributed by atoms with van der Waals surface area (Å²) in [5, 5.41) is 10.4. The maximum Gasteiger partial charge on any atom is 0.0571 e. The molecule has 0 saturated heterocycles. The van der Waals surface area contributed by atoms with Gasteiger partial charge in [0.15, 0.2) is 0 Å². The lowest BCUT2D eigenvalue weighted by molar-refractivity contribution is 0.0377. The van der Waals surface area contributed by atoms with E-state index in [9.17, 15) is 5.11 Å². The Hall–Kier alpha value is -0.820. The highest BCUT2D eigenvalue weighted by Gasteiger charge is 2.31. The molecule has 1 fully saturated rings. The number of aliphatic hydroxyl groups excluding tert-OH is 1. The average molecular weight is 274 g/mol. The van der Waals surface area contributed by atoms with E-state index < -0.39 is 0 Å². The van der Waals surface area contributed by atoms with Gasteiger partial charge in [0, 0.05) is 0 Å². The van der Waals surface area contributed by atoms with Gasteiger partial charge in [-0.05, 0) is 80.9 Å². The summed E-state index contributed by atoms with van der Waals surface area (Å²) in [5.41, 5.74) is 5.58. The molecule has 20 heavy (non-hydrogen) atoms. The maximum atomic E-state index is 10.4. The lowest BCUT2D eigenvalue weighted by atomic mass is 9.72. The molecule has 1 N–H and O–H groups in total. The molecule has 1 aliphatic rings. The first-order valence-electron chi connectivity index (χ1n) is 8.13. The Morgan fingerprint density at radius 3 is 2.25 bits per heavy atom. The molecule has 2 rings (SSSR count). The van der Waals surface area contributed by atoms with Crippen molar-refractivity contribution in [3.05, 3.63) is 34.4 Å². The van der Waals surface area contributed by atoms with Gasteiger partial charge in [-0.3, -0.25) is 0 Å². The second kappa shape index (κ2) is 6.30. The molecule has 1 heteroatoms. The minimum atomic E-state index is -0.106. The van der Waals surface area contributed by atoms with Gasteiger partial charge >= 0.3 is 0 Å². The predicted molar refractivity (Wildman–Crippen MR) is 86.0 cm³/mol. The normalized spacial score (nSPS) is 27.1. The van der Waals surface area contributed by atoms with Crippen LogP contribution in [0.1, 0.15) is 55.4 Å². The highest BCUT2D eigenvalue weighted by molar-refractivity contribution is 5.37. The van der Waals surface area contributed by atoms with E-state index in [-0.39, 0.29) is 6.10 Å². The van der Waals surface area contributed by atoms with E-state index in [2.05, 4.69) is 46.8 Å². The van der Waals surface area contributed by atoms with Crippen molar-refractivity contribution in [2.75, 3.05) is 0 Å². The summed E-state index contributed by atoms with van der Waals surface area (Å²) in [6.45, 7) is 11.2. The fourth-order valence-electron chi connectivity index (χ4n) is 3.90. The third kappa shape index (κ3) is 3.44. The summed E-state index contributed by atoms with van der Waals surface area (Å²) >= 11 is 0. The Morgan fingerprint density at radius 2 is 1.70 bits per heavy atom. The van der Waals surface area contributed by atoms with Gasteiger partial charge in [0.25, 0.3) is 0 Å². The van der Waals surface area contributed by atoms with Crippen LogP contribution in [0.4, 0.5) is 0 Å². The Labute approximate surface area is 124 Å². The van der Waals surface area contributed by atoms with Gasteiger partial charge in [-0.25, -0.2) is 0 Å². The summed E-state index contributed by atoms with van der Waals surface area (Å²) in [6, 6.07) is 4.55. The van der Waals surface area contributed by atoms with Gasteiger partial charge in [0.05, 0.1) is 6.10 Å². The third-order valence-electron chi connectivity index (χ3n) is 5.23. The van der Waals surface area contributed by atoms with Crippen LogP contribution >= 0.6 is 0 Å². The van der Waals surface area contributed by atoms with Crippen LogP contribution in [0.3, 0.4) is 0 Å². The first-order chi connectivity index (χ1) is 9.38. The first-order valence-corrected chi connectivity index (χ1v) is 8.13. The molecule has 1 nitrogen and oxygen atoms in total. The van der Waals surface area contributed by atoms with Crippen LogP contribution in [0.5, 0.6) is 0 Å². The van der Waals surface area contributed by atoms with Gasteiger partial charge in [0.1, 0.15) is 0 Å². The Kier molecular flexibility index (Phi) is 4.90. The molecule has 1 aromatic carbocycles. The first kappa shape index (κ1) is 15.6. The minimum Gasteiger partial charge on any atom is -0.393 e. The zero-order chi connectivity index (χ0) is 14.9. The largest absolute Gasteiger partial charge is 0.393 e. The molecule has 3 atom stereocenters. The fraction of sp³-hybridized carbons (Fsp3) is 0.684. The number of hydrogen-bond acceptors (Lipinski definition) is 1. The molecule has 0 spiro atoms. The van der Waals surface area contributed by atoms with E-state index in [0.29, 0.717) is 5.92 Å². The lowest BCUT2D eigenvalue weighted by Crippen LogP contribution is -2.32. The Morgan fingerprint density at radius 1 is 1.10 bits per heavy atom. The van der Waals surface area contributed by atoms with Crippen molar-refractivity contribution in [3.8, 4) is 0 Å². The zero-order valence-corrected chi connectivity index (χ0v) is 13.7. The summed E-state index contributed by atoms with van der Waals surface area (Å²) in [6.07, 6.45) is 4.30. The monoisotopic (exact) mass is 274 g/mol. The number of benzene rings is 1. The predicted octanol–water partition coefficient (Wildman–Crippen LogP) is 4.59. The number of aliphatic hydroxyl groups is 1. The Balaban J connectivity index is 2.16. The number of aryl methyl sites for hydroxylation is 3. The average Bonchev–Trinajstić information content (AvgIpc) is 2.35. The molecule has 0 amide bonds. The maximum absolute atomic E-state index is 10.4. The van der Waals surface area contributed by atoms with Gasteiger partial charge in [0.2, 0.25) is 0 Å². The summed E-state index contributed by atoms with van der Waals surface area (Å²) < 4.78 is 0. The van der Waals surface area contributed by atoms with E-state index >= 15 is 0 Å². The fourth-order valence-corrected chi connectivity index (χ4v) is 3.90. The summed E-state index contributed by atoms with van der Waals surface area (Å²) in [7, 11) is 0. The van der Waals surface area contributed by atoms with Crippen molar-refractivity contribution >= 4 is 0 Å². The van der Waals surface area contributed by atoms with Crippen molar-refractivity contribution in [1.29, 1.82) is 0 Å². The van der Waals surface area contributed by atoms with Crippen LogP contribution in [0, 0.1) is 38.5 Å². The van der Waals surface area contributed by atoms with E-state index in [1.54, 1.807) is 0 Å². The zero-order valence-electron chi connectivity index (χ0n) is 13.7. The standard InChI is InChI=1S/C19H30O/c1-12(2)16-6-7-19(20)17(10-16)11-18-14(4)8-13(3)9-15(18)5/h8-9,12,16-17,19-20H,6-7,10-11H2,1-5H3. The molecule has 1 saturated carbocycles. The van der Waals surface area contributed by atoms with Crippen LogP contribution in [0.15, 0.2) is 12.1 Å². The van der Waals surface area contributed by atoms with Gasteiger partial charge in [-0.15, -0.1) is 0 Å². The van der Waals surface area contributed by atoms with Crippen LogP contribution in [0.25, 0.3) is 0 Å². The van der Waals surface area contributed by atoms with Gasteiger partial charge in [-0.1, -0.05) is 31.5 Å².